The van der Waals surface area contributed by atoms with Gasteiger partial charge in [0, 0.05) is 53.9 Å². The fourth-order valence-electron chi connectivity index (χ4n) is 5.47. The van der Waals surface area contributed by atoms with Crippen LogP contribution in [0.1, 0.15) is 36.3 Å². The molecule has 2 N–H and O–H groups in total. The second-order valence-electron chi connectivity index (χ2n) is 9.33. The minimum atomic E-state index is -0.256. The number of hydrogen-bond acceptors (Lipinski definition) is 2. The Bertz CT molecular complexity index is 1490. The molecule has 0 spiro atoms. The Labute approximate surface area is 203 Å². The van der Waals surface area contributed by atoms with Gasteiger partial charge in [-0.2, -0.15) is 0 Å². The SMILES string of the molecule is O=C(CCc1c(-c2ccc(F)cc2)[nH]c2ccccc12)N1CCC(c2c[nH]c3ncccc23)CC1. The average molecular weight is 467 g/mol. The van der Waals surface area contributed by atoms with Crippen LogP contribution < -0.4 is 0 Å². The minimum absolute atomic E-state index is 0.194. The number of para-hydroxylation sites is 1. The summed E-state index contributed by atoms with van der Waals surface area (Å²) in [6.07, 6.45) is 6.90. The molecule has 1 aliphatic rings. The number of aromatic nitrogens is 3. The zero-order valence-electron chi connectivity index (χ0n) is 19.4. The molecule has 3 aromatic heterocycles. The van der Waals surface area contributed by atoms with Gasteiger partial charge in [-0.3, -0.25) is 4.79 Å². The number of amides is 1. The van der Waals surface area contributed by atoms with Crippen LogP contribution in [0, 0.1) is 5.82 Å². The second-order valence-corrected chi connectivity index (χ2v) is 9.33. The molecular weight excluding hydrogens is 439 g/mol. The highest BCUT2D eigenvalue weighted by Crippen LogP contribution is 2.34. The number of likely N-dealkylation sites (tertiary alicyclic amines) is 1. The molecular formula is C29H27FN4O. The van der Waals surface area contributed by atoms with Crippen LogP contribution in [-0.4, -0.2) is 38.8 Å². The molecule has 6 heteroatoms. The number of carbonyl (C=O) groups is 1. The van der Waals surface area contributed by atoms with Gasteiger partial charge in [0.15, 0.2) is 0 Å². The number of fused-ring (bicyclic) bond motifs is 2. The van der Waals surface area contributed by atoms with E-state index in [1.165, 1.54) is 23.1 Å². The van der Waals surface area contributed by atoms with Crippen LogP contribution in [0.25, 0.3) is 33.2 Å². The lowest BCUT2D eigenvalue weighted by Gasteiger charge is -2.32. The van der Waals surface area contributed by atoms with E-state index in [1.807, 2.05) is 29.2 Å². The van der Waals surface area contributed by atoms with Crippen molar-refractivity contribution >= 4 is 27.8 Å². The molecule has 5 aromatic rings. The molecule has 0 atom stereocenters. The van der Waals surface area contributed by atoms with Crippen molar-refractivity contribution in [3.63, 3.8) is 0 Å². The maximum Gasteiger partial charge on any atom is 0.222 e. The number of benzene rings is 2. The van der Waals surface area contributed by atoms with Gasteiger partial charge in [0.05, 0.1) is 0 Å². The van der Waals surface area contributed by atoms with Crippen molar-refractivity contribution in [1.82, 2.24) is 19.9 Å². The lowest BCUT2D eigenvalue weighted by Crippen LogP contribution is -2.38. The summed E-state index contributed by atoms with van der Waals surface area (Å²) >= 11 is 0. The number of piperidine rings is 1. The summed E-state index contributed by atoms with van der Waals surface area (Å²) < 4.78 is 13.5. The summed E-state index contributed by atoms with van der Waals surface area (Å²) in [6, 6.07) is 18.8. The van der Waals surface area contributed by atoms with Crippen LogP contribution in [0.4, 0.5) is 4.39 Å². The van der Waals surface area contributed by atoms with E-state index in [9.17, 15) is 9.18 Å². The summed E-state index contributed by atoms with van der Waals surface area (Å²) in [6.45, 7) is 1.55. The molecule has 1 amide bonds. The standard InChI is InChI=1S/C29H27FN4O/c30-21-9-7-20(8-10-21)28-23(22-4-1-2-6-26(22)33-28)11-12-27(35)34-16-13-19(14-17-34)25-18-32-29-24(25)5-3-15-31-29/h1-10,15,18-19,33H,11-14,16-17H2,(H,31,32). The first-order valence-corrected chi connectivity index (χ1v) is 12.2. The first kappa shape index (κ1) is 21.6. The molecule has 0 unspecified atom stereocenters. The summed E-state index contributed by atoms with van der Waals surface area (Å²) in [5, 5.41) is 2.30. The number of aryl methyl sites for hydroxylation is 1. The molecule has 6 rings (SSSR count). The van der Waals surface area contributed by atoms with Gasteiger partial charge in [-0.05, 0) is 84.3 Å². The smallest absolute Gasteiger partial charge is 0.222 e. The van der Waals surface area contributed by atoms with Crippen molar-refractivity contribution in [2.75, 3.05) is 13.1 Å². The Morgan fingerprint density at radius 3 is 2.60 bits per heavy atom. The van der Waals surface area contributed by atoms with E-state index in [4.69, 9.17) is 0 Å². The fourth-order valence-corrected chi connectivity index (χ4v) is 5.47. The molecule has 176 valence electrons. The average Bonchev–Trinajstić information content (AvgIpc) is 3.50. The topological polar surface area (TPSA) is 64.8 Å². The van der Waals surface area contributed by atoms with E-state index in [2.05, 4.69) is 33.3 Å². The fraction of sp³-hybridized carbons (Fsp3) is 0.241. The highest BCUT2D eigenvalue weighted by atomic mass is 19.1. The normalized spacial score (nSPS) is 14.7. The molecule has 0 bridgehead atoms. The van der Waals surface area contributed by atoms with Crippen LogP contribution in [-0.2, 0) is 11.2 Å². The molecule has 1 saturated heterocycles. The number of pyridine rings is 1. The third-order valence-corrected chi connectivity index (χ3v) is 7.31. The molecule has 0 saturated carbocycles. The first-order valence-electron chi connectivity index (χ1n) is 12.2. The lowest BCUT2D eigenvalue weighted by molar-refractivity contribution is -0.132. The molecule has 35 heavy (non-hydrogen) atoms. The third kappa shape index (κ3) is 4.09. The summed E-state index contributed by atoms with van der Waals surface area (Å²) in [5.41, 5.74) is 6.27. The molecule has 1 fully saturated rings. The Morgan fingerprint density at radius 2 is 1.77 bits per heavy atom. The highest BCUT2D eigenvalue weighted by molar-refractivity contribution is 5.91. The molecule has 0 radical (unpaired) electrons. The van der Waals surface area contributed by atoms with Crippen molar-refractivity contribution < 1.29 is 9.18 Å². The molecule has 4 heterocycles. The van der Waals surface area contributed by atoms with Crippen LogP contribution >= 0.6 is 0 Å². The number of hydrogen-bond donors (Lipinski definition) is 2. The largest absolute Gasteiger partial charge is 0.354 e. The van der Waals surface area contributed by atoms with E-state index in [-0.39, 0.29) is 11.7 Å². The second kappa shape index (κ2) is 9.02. The van der Waals surface area contributed by atoms with Gasteiger partial charge in [0.2, 0.25) is 5.91 Å². The highest BCUT2D eigenvalue weighted by Gasteiger charge is 2.26. The molecule has 1 aliphatic heterocycles. The van der Waals surface area contributed by atoms with E-state index < -0.39 is 0 Å². The summed E-state index contributed by atoms with van der Waals surface area (Å²) in [4.78, 5) is 26.3. The van der Waals surface area contributed by atoms with Gasteiger partial charge in [0.25, 0.3) is 0 Å². The van der Waals surface area contributed by atoms with Crippen LogP contribution in [0.5, 0.6) is 0 Å². The van der Waals surface area contributed by atoms with Crippen LogP contribution in [0.3, 0.4) is 0 Å². The van der Waals surface area contributed by atoms with E-state index in [0.717, 1.165) is 59.3 Å². The zero-order valence-corrected chi connectivity index (χ0v) is 19.4. The van der Waals surface area contributed by atoms with Crippen molar-refractivity contribution in [3.8, 4) is 11.3 Å². The van der Waals surface area contributed by atoms with E-state index >= 15 is 0 Å². The zero-order chi connectivity index (χ0) is 23.8. The maximum atomic E-state index is 13.5. The number of aromatic amines is 2. The Kier molecular flexibility index (Phi) is 5.57. The predicted octanol–water partition coefficient (Wildman–Crippen LogP) is 6.19. The Hall–Kier alpha value is -3.93. The van der Waals surface area contributed by atoms with Gasteiger partial charge in [-0.15, -0.1) is 0 Å². The van der Waals surface area contributed by atoms with Crippen molar-refractivity contribution in [1.29, 1.82) is 0 Å². The number of carbonyl (C=O) groups excluding carboxylic acids is 1. The van der Waals surface area contributed by atoms with Crippen molar-refractivity contribution in [3.05, 3.63) is 90.0 Å². The van der Waals surface area contributed by atoms with Gasteiger partial charge in [0.1, 0.15) is 11.5 Å². The van der Waals surface area contributed by atoms with Gasteiger partial charge in [-0.1, -0.05) is 18.2 Å². The molecule has 0 aliphatic carbocycles. The summed E-state index contributed by atoms with van der Waals surface area (Å²) in [7, 11) is 0. The Balaban J connectivity index is 1.16. The lowest BCUT2D eigenvalue weighted by atomic mass is 9.89. The van der Waals surface area contributed by atoms with E-state index in [1.54, 1.807) is 18.3 Å². The van der Waals surface area contributed by atoms with Crippen LogP contribution in [0.15, 0.2) is 73.1 Å². The third-order valence-electron chi connectivity index (χ3n) is 7.31. The molecule has 2 aromatic carbocycles. The number of halogens is 1. The summed E-state index contributed by atoms with van der Waals surface area (Å²) in [5.74, 6) is 0.379. The van der Waals surface area contributed by atoms with E-state index in [0.29, 0.717) is 18.8 Å². The first-order chi connectivity index (χ1) is 17.2. The van der Waals surface area contributed by atoms with Gasteiger partial charge >= 0.3 is 0 Å². The number of rotatable bonds is 5. The van der Waals surface area contributed by atoms with Crippen LogP contribution in [0.2, 0.25) is 0 Å². The van der Waals surface area contributed by atoms with Crippen molar-refractivity contribution in [2.45, 2.75) is 31.6 Å². The van der Waals surface area contributed by atoms with Gasteiger partial charge < -0.3 is 14.9 Å². The number of nitrogens with one attached hydrogen (secondary N) is 2. The van der Waals surface area contributed by atoms with Gasteiger partial charge in [-0.25, -0.2) is 9.37 Å². The monoisotopic (exact) mass is 466 g/mol. The van der Waals surface area contributed by atoms with Crippen molar-refractivity contribution in [2.24, 2.45) is 0 Å². The Morgan fingerprint density at radius 1 is 1.00 bits per heavy atom. The maximum absolute atomic E-state index is 13.5. The quantitative estimate of drug-likeness (QED) is 0.324. The molecule has 5 nitrogen and oxygen atoms in total. The minimum Gasteiger partial charge on any atom is -0.354 e. The number of H-pyrrole nitrogens is 2. The number of nitrogens with zero attached hydrogens (tertiary/aromatic N) is 2. The predicted molar refractivity (Wildman–Crippen MR) is 137 cm³/mol.